The van der Waals surface area contributed by atoms with Crippen molar-refractivity contribution in [3.63, 3.8) is 0 Å². The maximum Gasteiger partial charge on any atom is 0.335 e. The number of hydrogen-bond donors (Lipinski definition) is 1. The first-order valence-electron chi connectivity index (χ1n) is 10.0. The Balaban J connectivity index is 1.73. The molecule has 2 aromatic carbocycles. The van der Waals surface area contributed by atoms with E-state index in [9.17, 15) is 9.90 Å². The molecule has 0 radical (unpaired) electrons. The van der Waals surface area contributed by atoms with Gasteiger partial charge in [-0.1, -0.05) is 18.2 Å². The van der Waals surface area contributed by atoms with E-state index in [2.05, 4.69) is 4.98 Å². The number of pyridine rings is 1. The Morgan fingerprint density at radius 2 is 1.87 bits per heavy atom. The van der Waals surface area contributed by atoms with Gasteiger partial charge in [0, 0.05) is 31.7 Å². The minimum Gasteiger partial charge on any atom is -0.483 e. The number of anilines is 2. The molecule has 1 aliphatic heterocycles. The number of benzene rings is 2. The molecular formula is C24H24N2O5. The van der Waals surface area contributed by atoms with Gasteiger partial charge in [0.05, 0.1) is 24.5 Å². The molecule has 1 fully saturated rings. The zero-order valence-corrected chi connectivity index (χ0v) is 17.2. The third-order valence-electron chi connectivity index (χ3n) is 5.21. The molecule has 0 aliphatic carbocycles. The highest BCUT2D eigenvalue weighted by Gasteiger charge is 2.31. The highest BCUT2D eigenvalue weighted by atomic mass is 16.6. The standard InChI is InChI=1S/C24H24N2O5/c1-29-22-15-30-16-23(22)31-21-8-3-2-7-20(21)26(14-17-9-11-25-12-10-17)19-6-4-5-18(13-19)24(27)28/h2-13,22-23H,14-16H2,1H3,(H,27,28)/t22?,23-/m1/s1. The highest BCUT2D eigenvalue weighted by molar-refractivity contribution is 5.89. The van der Waals surface area contributed by atoms with Crippen LogP contribution < -0.4 is 9.64 Å². The predicted molar refractivity (Wildman–Crippen MR) is 116 cm³/mol. The van der Waals surface area contributed by atoms with Crippen LogP contribution in [0.5, 0.6) is 5.75 Å². The van der Waals surface area contributed by atoms with E-state index in [-0.39, 0.29) is 17.8 Å². The summed E-state index contributed by atoms with van der Waals surface area (Å²) in [7, 11) is 1.65. The number of carbonyl (C=O) groups is 1. The fraction of sp³-hybridized carbons (Fsp3) is 0.250. The fourth-order valence-electron chi connectivity index (χ4n) is 3.58. The number of methoxy groups -OCH3 is 1. The third-order valence-corrected chi connectivity index (χ3v) is 5.21. The maximum absolute atomic E-state index is 11.6. The van der Waals surface area contributed by atoms with Gasteiger partial charge in [-0.25, -0.2) is 4.79 Å². The molecule has 2 heterocycles. The molecule has 31 heavy (non-hydrogen) atoms. The summed E-state index contributed by atoms with van der Waals surface area (Å²) in [5, 5.41) is 9.47. The van der Waals surface area contributed by atoms with Crippen LogP contribution in [-0.2, 0) is 16.0 Å². The summed E-state index contributed by atoms with van der Waals surface area (Å²) in [5.74, 6) is -0.295. The van der Waals surface area contributed by atoms with Crippen molar-refractivity contribution in [1.29, 1.82) is 0 Å². The molecule has 7 heteroatoms. The van der Waals surface area contributed by atoms with E-state index in [1.54, 1.807) is 37.7 Å². The molecular weight excluding hydrogens is 396 g/mol. The molecule has 7 nitrogen and oxygen atoms in total. The van der Waals surface area contributed by atoms with Crippen molar-refractivity contribution in [2.24, 2.45) is 0 Å². The fourth-order valence-corrected chi connectivity index (χ4v) is 3.58. The largest absolute Gasteiger partial charge is 0.483 e. The first-order valence-corrected chi connectivity index (χ1v) is 10.0. The molecule has 1 saturated heterocycles. The Labute approximate surface area is 180 Å². The molecule has 2 atom stereocenters. The molecule has 160 valence electrons. The summed E-state index contributed by atoms with van der Waals surface area (Å²) in [5.41, 5.74) is 2.83. The van der Waals surface area contributed by atoms with Gasteiger partial charge in [-0.3, -0.25) is 4.98 Å². The van der Waals surface area contributed by atoms with Crippen LogP contribution in [0.25, 0.3) is 0 Å². The van der Waals surface area contributed by atoms with Crippen LogP contribution in [0.2, 0.25) is 0 Å². The van der Waals surface area contributed by atoms with Gasteiger partial charge >= 0.3 is 5.97 Å². The van der Waals surface area contributed by atoms with Crippen molar-refractivity contribution in [3.8, 4) is 5.75 Å². The van der Waals surface area contributed by atoms with E-state index in [1.165, 1.54) is 0 Å². The summed E-state index contributed by atoms with van der Waals surface area (Å²) in [6.45, 7) is 1.46. The zero-order valence-electron chi connectivity index (χ0n) is 17.2. The minimum absolute atomic E-state index is 0.142. The summed E-state index contributed by atoms with van der Waals surface area (Å²) in [4.78, 5) is 17.7. The van der Waals surface area contributed by atoms with E-state index in [1.807, 2.05) is 47.4 Å². The topological polar surface area (TPSA) is 81.1 Å². The average Bonchev–Trinajstić information content (AvgIpc) is 3.26. The quantitative estimate of drug-likeness (QED) is 0.592. The Kier molecular flexibility index (Phi) is 6.45. The monoisotopic (exact) mass is 420 g/mol. The van der Waals surface area contributed by atoms with E-state index in [4.69, 9.17) is 14.2 Å². The van der Waals surface area contributed by atoms with Crippen molar-refractivity contribution in [2.75, 3.05) is 25.2 Å². The maximum atomic E-state index is 11.6. The van der Waals surface area contributed by atoms with Crippen LogP contribution in [0.1, 0.15) is 15.9 Å². The van der Waals surface area contributed by atoms with E-state index >= 15 is 0 Å². The second-order valence-electron chi connectivity index (χ2n) is 7.23. The first-order chi connectivity index (χ1) is 15.2. The smallest absolute Gasteiger partial charge is 0.335 e. The Hall–Kier alpha value is -3.42. The minimum atomic E-state index is -0.971. The number of carboxylic acid groups (broad SMARTS) is 1. The zero-order chi connectivity index (χ0) is 21.6. The van der Waals surface area contributed by atoms with Crippen LogP contribution in [0.15, 0.2) is 73.1 Å². The van der Waals surface area contributed by atoms with E-state index in [0.717, 1.165) is 16.9 Å². The van der Waals surface area contributed by atoms with Gasteiger partial charge in [-0.2, -0.15) is 0 Å². The summed E-state index contributed by atoms with van der Waals surface area (Å²) in [6.07, 6.45) is 3.11. The number of carboxylic acids is 1. The number of nitrogens with zero attached hydrogens (tertiary/aromatic N) is 2. The number of aromatic carboxylic acids is 1. The molecule has 4 rings (SSSR count). The van der Waals surface area contributed by atoms with E-state index in [0.29, 0.717) is 25.5 Å². The van der Waals surface area contributed by atoms with Gasteiger partial charge in [0.2, 0.25) is 0 Å². The second kappa shape index (κ2) is 9.59. The molecule has 0 spiro atoms. The van der Waals surface area contributed by atoms with E-state index < -0.39 is 5.97 Å². The Morgan fingerprint density at radius 3 is 2.65 bits per heavy atom. The van der Waals surface area contributed by atoms with Gasteiger partial charge in [0.15, 0.2) is 6.10 Å². The highest BCUT2D eigenvalue weighted by Crippen LogP contribution is 2.36. The number of rotatable bonds is 8. The molecule has 0 bridgehead atoms. The van der Waals surface area contributed by atoms with Gasteiger partial charge in [0.25, 0.3) is 0 Å². The lowest BCUT2D eigenvalue weighted by Gasteiger charge is -2.29. The van der Waals surface area contributed by atoms with Crippen LogP contribution in [0.3, 0.4) is 0 Å². The molecule has 1 aliphatic rings. The predicted octanol–water partition coefficient (Wildman–Crippen LogP) is 3.91. The first kappa shape index (κ1) is 20.8. The van der Waals surface area contributed by atoms with Crippen LogP contribution in [0.4, 0.5) is 11.4 Å². The Morgan fingerprint density at radius 1 is 1.10 bits per heavy atom. The van der Waals surface area contributed by atoms with Crippen molar-refractivity contribution in [1.82, 2.24) is 4.98 Å². The van der Waals surface area contributed by atoms with Gasteiger partial charge in [-0.15, -0.1) is 0 Å². The lowest BCUT2D eigenvalue weighted by molar-refractivity contribution is 0.0328. The molecule has 1 unspecified atom stereocenters. The number of ether oxygens (including phenoxy) is 3. The molecule has 1 aromatic heterocycles. The van der Waals surface area contributed by atoms with Gasteiger partial charge in [-0.05, 0) is 48.0 Å². The number of para-hydroxylation sites is 2. The van der Waals surface area contributed by atoms with Crippen LogP contribution >= 0.6 is 0 Å². The van der Waals surface area contributed by atoms with Crippen LogP contribution in [0, 0.1) is 0 Å². The SMILES string of the molecule is COC1COC[C@H]1Oc1ccccc1N(Cc1ccncc1)c1cccc(C(=O)O)c1. The number of aromatic nitrogens is 1. The Bertz CT molecular complexity index is 1030. The molecule has 1 N–H and O–H groups in total. The number of hydrogen-bond acceptors (Lipinski definition) is 6. The molecule has 3 aromatic rings. The van der Waals surface area contributed by atoms with Crippen molar-refractivity contribution >= 4 is 17.3 Å². The summed E-state index contributed by atoms with van der Waals surface area (Å²) < 4.78 is 17.3. The third kappa shape index (κ3) is 4.84. The van der Waals surface area contributed by atoms with Crippen molar-refractivity contribution in [2.45, 2.75) is 18.8 Å². The second-order valence-corrected chi connectivity index (χ2v) is 7.23. The molecule has 0 saturated carbocycles. The van der Waals surface area contributed by atoms with Crippen molar-refractivity contribution < 1.29 is 24.1 Å². The summed E-state index contributed by atoms with van der Waals surface area (Å²) >= 11 is 0. The lowest BCUT2D eigenvalue weighted by atomic mass is 10.1. The molecule has 0 amide bonds. The average molecular weight is 420 g/mol. The van der Waals surface area contributed by atoms with Crippen LogP contribution in [-0.4, -0.2) is 48.6 Å². The van der Waals surface area contributed by atoms with Crippen molar-refractivity contribution in [3.05, 3.63) is 84.2 Å². The normalized spacial score (nSPS) is 18.0. The van der Waals surface area contributed by atoms with Gasteiger partial charge in [0.1, 0.15) is 11.9 Å². The lowest BCUT2D eigenvalue weighted by Crippen LogP contribution is -2.32. The van der Waals surface area contributed by atoms with Gasteiger partial charge < -0.3 is 24.2 Å². The summed E-state index contributed by atoms with van der Waals surface area (Å²) in [6, 6.07) is 18.5.